The lowest BCUT2D eigenvalue weighted by atomic mass is 9.89. The molecule has 0 spiro atoms. The molecule has 5 heteroatoms. The highest BCUT2D eigenvalue weighted by molar-refractivity contribution is 6.32. The summed E-state index contributed by atoms with van der Waals surface area (Å²) in [5.41, 5.74) is 5.10. The summed E-state index contributed by atoms with van der Waals surface area (Å²) in [6.45, 7) is 0. The number of benzene rings is 6. The van der Waals surface area contributed by atoms with Gasteiger partial charge in [-0.1, -0.05) is 84.9 Å². The predicted octanol–water partition coefficient (Wildman–Crippen LogP) is 9.43. The molecule has 204 valence electrons. The number of aromatic nitrogens is 5. The van der Waals surface area contributed by atoms with Crippen LogP contribution in [-0.2, 0) is 0 Å². The maximum Gasteiger partial charge on any atom is 0.164 e. The van der Waals surface area contributed by atoms with E-state index in [0.29, 0.717) is 11.6 Å². The summed E-state index contributed by atoms with van der Waals surface area (Å²) < 4.78 is 0. The molecule has 0 N–H and O–H groups in total. The molecule has 0 aliphatic heterocycles. The minimum Gasteiger partial charge on any atom is -0.265 e. The Hall–Kier alpha value is -6.07. The molecule has 0 aliphatic carbocycles. The fourth-order valence-electron chi connectivity index (χ4n) is 6.45. The average molecular weight is 562 g/mol. The van der Waals surface area contributed by atoms with Crippen molar-refractivity contribution in [3.05, 3.63) is 140 Å². The van der Waals surface area contributed by atoms with E-state index in [1.807, 2.05) is 18.3 Å². The van der Waals surface area contributed by atoms with Crippen LogP contribution in [0.15, 0.2) is 140 Å². The molecule has 0 aliphatic rings. The highest BCUT2D eigenvalue weighted by Gasteiger charge is 2.18. The van der Waals surface area contributed by atoms with Crippen molar-refractivity contribution < 1.29 is 0 Å². The first-order valence-electron chi connectivity index (χ1n) is 14.6. The van der Waals surface area contributed by atoms with Crippen LogP contribution >= 0.6 is 0 Å². The number of rotatable bonds is 3. The van der Waals surface area contributed by atoms with E-state index >= 15 is 0 Å². The topological polar surface area (TPSA) is 64.5 Å². The molecule has 0 amide bonds. The molecule has 9 rings (SSSR count). The van der Waals surface area contributed by atoms with Gasteiger partial charge in [-0.05, 0) is 73.6 Å². The van der Waals surface area contributed by atoms with Gasteiger partial charge in [0.2, 0.25) is 0 Å². The second-order valence-corrected chi connectivity index (χ2v) is 11.0. The lowest BCUT2D eigenvalue weighted by molar-refractivity contribution is 1.07. The number of hydrogen-bond donors (Lipinski definition) is 0. The zero-order chi connectivity index (χ0) is 29.0. The Balaban J connectivity index is 1.37. The molecular formula is C39H23N5. The van der Waals surface area contributed by atoms with Gasteiger partial charge >= 0.3 is 0 Å². The Bertz CT molecular complexity index is 2560. The number of fused-ring (bicyclic) bond motifs is 9. The zero-order valence-corrected chi connectivity index (χ0v) is 23.5. The van der Waals surface area contributed by atoms with E-state index in [4.69, 9.17) is 9.97 Å². The Morgan fingerprint density at radius 3 is 2.02 bits per heavy atom. The lowest BCUT2D eigenvalue weighted by Crippen LogP contribution is -1.97. The van der Waals surface area contributed by atoms with Crippen molar-refractivity contribution in [1.82, 2.24) is 24.9 Å². The second kappa shape index (κ2) is 9.75. The molecule has 0 atom stereocenters. The van der Waals surface area contributed by atoms with Crippen molar-refractivity contribution in [1.29, 1.82) is 0 Å². The van der Waals surface area contributed by atoms with Crippen LogP contribution in [0.3, 0.4) is 0 Å². The molecule has 0 fully saturated rings. The summed E-state index contributed by atoms with van der Waals surface area (Å²) in [4.78, 5) is 23.3. The quantitative estimate of drug-likeness (QED) is 0.201. The van der Waals surface area contributed by atoms with Crippen LogP contribution in [0.1, 0.15) is 0 Å². The van der Waals surface area contributed by atoms with Crippen LogP contribution in [-0.4, -0.2) is 24.9 Å². The van der Waals surface area contributed by atoms with E-state index in [-0.39, 0.29) is 0 Å². The van der Waals surface area contributed by atoms with E-state index in [1.54, 1.807) is 18.7 Å². The smallest absolute Gasteiger partial charge is 0.164 e. The Morgan fingerprint density at radius 1 is 0.432 bits per heavy atom. The Morgan fingerprint density at radius 2 is 1.16 bits per heavy atom. The van der Waals surface area contributed by atoms with E-state index in [2.05, 4.69) is 118 Å². The van der Waals surface area contributed by atoms with Gasteiger partial charge in [-0.2, -0.15) is 0 Å². The van der Waals surface area contributed by atoms with Gasteiger partial charge in [0.25, 0.3) is 0 Å². The van der Waals surface area contributed by atoms with Crippen molar-refractivity contribution in [3.8, 4) is 33.9 Å². The van der Waals surface area contributed by atoms with Gasteiger partial charge < -0.3 is 0 Å². The molecule has 44 heavy (non-hydrogen) atoms. The molecule has 3 heterocycles. The van der Waals surface area contributed by atoms with E-state index in [0.717, 1.165) is 60.1 Å². The van der Waals surface area contributed by atoms with Crippen LogP contribution in [0.2, 0.25) is 0 Å². The Labute approximate surface area is 252 Å². The number of pyridine rings is 2. The largest absolute Gasteiger partial charge is 0.265 e. The molecule has 5 nitrogen and oxygen atoms in total. The van der Waals surface area contributed by atoms with Gasteiger partial charge in [0.05, 0.1) is 5.52 Å². The molecule has 0 saturated heterocycles. The average Bonchev–Trinajstić information content (AvgIpc) is 3.11. The van der Waals surface area contributed by atoms with Crippen LogP contribution in [0, 0.1) is 0 Å². The predicted molar refractivity (Wildman–Crippen MR) is 179 cm³/mol. The lowest BCUT2D eigenvalue weighted by Gasteiger charge is -2.16. The van der Waals surface area contributed by atoms with Crippen molar-refractivity contribution in [2.45, 2.75) is 0 Å². The standard InChI is InChI=1S/C39H23N5/c1-2-8-26-19-27(14-13-24(26)7-1)28-20-35-36-31-11-5-3-9-29(31)34(39-43-23-42-38(44-39)25-15-17-40-18-16-25)21-33(36)30-10-4-6-12-32(30)37(35)41-22-28/h1-23H. The molecule has 9 aromatic rings. The van der Waals surface area contributed by atoms with Gasteiger partial charge in [0.15, 0.2) is 11.6 Å². The molecule has 6 aromatic carbocycles. The van der Waals surface area contributed by atoms with E-state index in [9.17, 15) is 0 Å². The van der Waals surface area contributed by atoms with Crippen LogP contribution in [0.25, 0.3) is 87.9 Å². The third-order valence-electron chi connectivity index (χ3n) is 8.51. The highest BCUT2D eigenvalue weighted by atomic mass is 15.0. The van der Waals surface area contributed by atoms with Crippen LogP contribution in [0.4, 0.5) is 0 Å². The van der Waals surface area contributed by atoms with Crippen molar-refractivity contribution >= 4 is 54.0 Å². The van der Waals surface area contributed by atoms with Crippen molar-refractivity contribution in [3.63, 3.8) is 0 Å². The molecule has 0 saturated carbocycles. The molecule has 3 aromatic heterocycles. The highest BCUT2D eigenvalue weighted by Crippen LogP contribution is 2.42. The van der Waals surface area contributed by atoms with Crippen molar-refractivity contribution in [2.24, 2.45) is 0 Å². The number of hydrogen-bond acceptors (Lipinski definition) is 5. The second-order valence-electron chi connectivity index (χ2n) is 11.0. The first kappa shape index (κ1) is 24.5. The Kier molecular flexibility index (Phi) is 5.43. The fraction of sp³-hybridized carbons (Fsp3) is 0. The van der Waals surface area contributed by atoms with Gasteiger partial charge in [-0.15, -0.1) is 0 Å². The summed E-state index contributed by atoms with van der Waals surface area (Å²) in [7, 11) is 0. The van der Waals surface area contributed by atoms with Gasteiger partial charge in [-0.25, -0.2) is 15.0 Å². The first-order chi connectivity index (χ1) is 21.8. The summed E-state index contributed by atoms with van der Waals surface area (Å²) in [5.74, 6) is 1.26. The molecule has 0 radical (unpaired) electrons. The first-order valence-corrected chi connectivity index (χ1v) is 14.6. The maximum atomic E-state index is 5.11. The van der Waals surface area contributed by atoms with Crippen LogP contribution in [0.5, 0.6) is 0 Å². The monoisotopic (exact) mass is 561 g/mol. The normalized spacial score (nSPS) is 11.6. The minimum absolute atomic E-state index is 0.620. The maximum absolute atomic E-state index is 5.11. The van der Waals surface area contributed by atoms with Crippen LogP contribution < -0.4 is 0 Å². The SMILES string of the molecule is c1ccc2cc(-c3cnc4c5ccccc5c5cc(-c6ncnc(-c7ccncc7)n6)c6ccccc6c5c4c3)ccc2c1. The minimum atomic E-state index is 0.620. The van der Waals surface area contributed by atoms with E-state index in [1.165, 1.54) is 16.2 Å². The molecular weight excluding hydrogens is 538 g/mol. The number of nitrogens with zero attached hydrogens (tertiary/aromatic N) is 5. The molecule has 0 bridgehead atoms. The third-order valence-corrected chi connectivity index (χ3v) is 8.51. The van der Waals surface area contributed by atoms with Crippen molar-refractivity contribution in [2.75, 3.05) is 0 Å². The summed E-state index contributed by atoms with van der Waals surface area (Å²) >= 11 is 0. The van der Waals surface area contributed by atoms with Gasteiger partial charge in [0, 0.05) is 46.1 Å². The van der Waals surface area contributed by atoms with Gasteiger partial charge in [-0.3, -0.25) is 9.97 Å². The summed E-state index contributed by atoms with van der Waals surface area (Å²) in [6.07, 6.45) is 7.10. The zero-order valence-electron chi connectivity index (χ0n) is 23.5. The third kappa shape index (κ3) is 3.83. The van der Waals surface area contributed by atoms with E-state index < -0.39 is 0 Å². The summed E-state index contributed by atoms with van der Waals surface area (Å²) in [5, 5.41) is 10.4. The molecule has 0 unspecified atom stereocenters. The fourth-order valence-corrected chi connectivity index (χ4v) is 6.45. The van der Waals surface area contributed by atoms with Gasteiger partial charge in [0.1, 0.15) is 6.33 Å². The summed E-state index contributed by atoms with van der Waals surface area (Å²) in [6, 6.07) is 40.5.